The van der Waals surface area contributed by atoms with Gasteiger partial charge in [-0.2, -0.15) is 11.8 Å². The first-order chi connectivity index (χ1) is 7.34. The Bertz CT molecular complexity index is 213. The summed E-state index contributed by atoms with van der Waals surface area (Å²) in [5.74, 6) is 3.66. The molecule has 0 radical (unpaired) electrons. The molecule has 4 heteroatoms. The normalized spacial score (nSPS) is 25.5. The van der Waals surface area contributed by atoms with E-state index in [4.69, 9.17) is 0 Å². The van der Waals surface area contributed by atoms with Crippen molar-refractivity contribution >= 4 is 17.7 Å². The van der Waals surface area contributed by atoms with E-state index in [-0.39, 0.29) is 5.91 Å². The molecule has 15 heavy (non-hydrogen) atoms. The fourth-order valence-electron chi connectivity index (χ4n) is 1.78. The van der Waals surface area contributed by atoms with Crippen molar-refractivity contribution in [2.24, 2.45) is 5.92 Å². The van der Waals surface area contributed by atoms with Crippen LogP contribution < -0.4 is 10.6 Å². The zero-order valence-corrected chi connectivity index (χ0v) is 9.94. The number of nitrogens with one attached hydrogen (secondary N) is 2. The lowest BCUT2D eigenvalue weighted by atomic mass is 10.1. The summed E-state index contributed by atoms with van der Waals surface area (Å²) in [5.41, 5.74) is 0. The van der Waals surface area contributed by atoms with Gasteiger partial charge in [0.25, 0.3) is 0 Å². The first-order valence-electron chi connectivity index (χ1n) is 5.92. The Morgan fingerprint density at radius 1 is 1.33 bits per heavy atom. The van der Waals surface area contributed by atoms with Crippen LogP contribution >= 0.6 is 11.8 Å². The van der Waals surface area contributed by atoms with Crippen LogP contribution in [0.5, 0.6) is 0 Å². The maximum absolute atomic E-state index is 11.3. The Hall–Kier alpha value is -0.220. The maximum Gasteiger partial charge on any atom is 0.221 e. The van der Waals surface area contributed by atoms with Gasteiger partial charge in [-0.1, -0.05) is 0 Å². The minimum Gasteiger partial charge on any atom is -0.353 e. The van der Waals surface area contributed by atoms with E-state index in [2.05, 4.69) is 10.6 Å². The van der Waals surface area contributed by atoms with E-state index >= 15 is 0 Å². The van der Waals surface area contributed by atoms with Crippen molar-refractivity contribution in [3.8, 4) is 0 Å². The van der Waals surface area contributed by atoms with Crippen molar-refractivity contribution in [2.75, 3.05) is 24.6 Å². The van der Waals surface area contributed by atoms with E-state index in [0.717, 1.165) is 19.0 Å². The SMILES string of the molecule is O=C(CCNCC1CCSC1)NC1CC1. The van der Waals surface area contributed by atoms with Gasteiger partial charge in [-0.3, -0.25) is 4.79 Å². The number of rotatable bonds is 6. The molecule has 3 nitrogen and oxygen atoms in total. The highest BCUT2D eigenvalue weighted by Crippen LogP contribution is 2.22. The van der Waals surface area contributed by atoms with E-state index < -0.39 is 0 Å². The predicted octanol–water partition coefficient (Wildman–Crippen LogP) is 0.998. The molecule has 0 aromatic carbocycles. The lowest BCUT2D eigenvalue weighted by Gasteiger charge is -2.09. The summed E-state index contributed by atoms with van der Waals surface area (Å²) in [5, 5.41) is 6.38. The van der Waals surface area contributed by atoms with Gasteiger partial charge < -0.3 is 10.6 Å². The first-order valence-corrected chi connectivity index (χ1v) is 7.08. The minimum atomic E-state index is 0.214. The molecule has 86 valence electrons. The Kier molecular flexibility index (Phi) is 4.32. The molecular weight excluding hydrogens is 208 g/mol. The third kappa shape index (κ3) is 4.43. The third-order valence-corrected chi connectivity index (χ3v) is 4.16. The van der Waals surface area contributed by atoms with Gasteiger partial charge in [0.1, 0.15) is 0 Å². The van der Waals surface area contributed by atoms with Crippen LogP contribution in [0.25, 0.3) is 0 Å². The summed E-state index contributed by atoms with van der Waals surface area (Å²) < 4.78 is 0. The maximum atomic E-state index is 11.3. The molecule has 2 aliphatic rings. The Balaban J connectivity index is 1.44. The lowest BCUT2D eigenvalue weighted by Crippen LogP contribution is -2.31. The van der Waals surface area contributed by atoms with Crippen LogP contribution in [0.3, 0.4) is 0 Å². The molecule has 1 saturated carbocycles. The first kappa shape index (κ1) is 11.3. The molecule has 1 aliphatic carbocycles. The van der Waals surface area contributed by atoms with Gasteiger partial charge >= 0.3 is 0 Å². The molecule has 2 fully saturated rings. The van der Waals surface area contributed by atoms with Gasteiger partial charge in [-0.15, -0.1) is 0 Å². The summed E-state index contributed by atoms with van der Waals surface area (Å²) in [6.45, 7) is 1.92. The average molecular weight is 228 g/mol. The van der Waals surface area contributed by atoms with Crippen molar-refractivity contribution in [3.05, 3.63) is 0 Å². The fourth-order valence-corrected chi connectivity index (χ4v) is 3.06. The van der Waals surface area contributed by atoms with Crippen LogP contribution in [-0.4, -0.2) is 36.5 Å². The second-order valence-electron chi connectivity index (χ2n) is 4.53. The highest BCUT2D eigenvalue weighted by atomic mass is 32.2. The quantitative estimate of drug-likeness (QED) is 0.666. The van der Waals surface area contributed by atoms with Crippen LogP contribution in [0.4, 0.5) is 0 Å². The second kappa shape index (κ2) is 5.75. The van der Waals surface area contributed by atoms with Crippen LogP contribution in [0.1, 0.15) is 25.7 Å². The van der Waals surface area contributed by atoms with Crippen molar-refractivity contribution < 1.29 is 4.79 Å². The van der Waals surface area contributed by atoms with Crippen LogP contribution in [0.15, 0.2) is 0 Å². The fraction of sp³-hybridized carbons (Fsp3) is 0.909. The molecule has 0 aromatic heterocycles. The largest absolute Gasteiger partial charge is 0.353 e. The summed E-state index contributed by atoms with van der Waals surface area (Å²) in [6.07, 6.45) is 4.33. The molecule has 1 saturated heterocycles. The molecule has 0 bridgehead atoms. The van der Waals surface area contributed by atoms with Crippen molar-refractivity contribution in [1.29, 1.82) is 0 Å². The number of carbonyl (C=O) groups is 1. The smallest absolute Gasteiger partial charge is 0.221 e. The lowest BCUT2D eigenvalue weighted by molar-refractivity contribution is -0.121. The number of carbonyl (C=O) groups excluding carboxylic acids is 1. The van der Waals surface area contributed by atoms with Gasteiger partial charge in [0.2, 0.25) is 5.91 Å². The molecular formula is C11H20N2OS. The summed E-state index contributed by atoms with van der Waals surface area (Å²) >= 11 is 2.04. The topological polar surface area (TPSA) is 41.1 Å². The van der Waals surface area contributed by atoms with E-state index in [1.165, 1.54) is 30.8 Å². The van der Waals surface area contributed by atoms with E-state index in [1.54, 1.807) is 0 Å². The van der Waals surface area contributed by atoms with Crippen molar-refractivity contribution in [1.82, 2.24) is 10.6 Å². The molecule has 2 N–H and O–H groups in total. The predicted molar refractivity (Wildman–Crippen MR) is 64.1 cm³/mol. The summed E-state index contributed by atoms with van der Waals surface area (Å²) in [6, 6.07) is 0.503. The minimum absolute atomic E-state index is 0.214. The van der Waals surface area contributed by atoms with E-state index in [1.807, 2.05) is 11.8 Å². The molecule has 2 rings (SSSR count). The highest BCUT2D eigenvalue weighted by molar-refractivity contribution is 7.99. The second-order valence-corrected chi connectivity index (χ2v) is 5.68. The zero-order chi connectivity index (χ0) is 10.5. The Morgan fingerprint density at radius 3 is 2.87 bits per heavy atom. The summed E-state index contributed by atoms with van der Waals surface area (Å²) in [7, 11) is 0. The van der Waals surface area contributed by atoms with Crippen molar-refractivity contribution in [3.63, 3.8) is 0 Å². The summed E-state index contributed by atoms with van der Waals surface area (Å²) in [4.78, 5) is 11.3. The molecule has 1 aliphatic heterocycles. The Morgan fingerprint density at radius 2 is 2.20 bits per heavy atom. The number of thioether (sulfide) groups is 1. The highest BCUT2D eigenvalue weighted by Gasteiger charge is 2.22. The van der Waals surface area contributed by atoms with Crippen LogP contribution in [0, 0.1) is 5.92 Å². The standard InChI is InChI=1S/C11H20N2OS/c14-11(13-10-1-2-10)3-5-12-7-9-4-6-15-8-9/h9-10,12H,1-8H2,(H,13,14). The molecule has 1 heterocycles. The van der Waals surface area contributed by atoms with Gasteiger partial charge in [-0.25, -0.2) is 0 Å². The van der Waals surface area contributed by atoms with Gasteiger partial charge in [0.05, 0.1) is 0 Å². The number of hydrogen-bond donors (Lipinski definition) is 2. The molecule has 1 atom stereocenters. The van der Waals surface area contributed by atoms with Crippen LogP contribution in [-0.2, 0) is 4.79 Å². The molecule has 1 unspecified atom stereocenters. The number of hydrogen-bond acceptors (Lipinski definition) is 3. The van der Waals surface area contributed by atoms with E-state index in [0.29, 0.717) is 12.5 Å². The van der Waals surface area contributed by atoms with Gasteiger partial charge in [0.15, 0.2) is 0 Å². The molecule has 0 aromatic rings. The van der Waals surface area contributed by atoms with Crippen LogP contribution in [0.2, 0.25) is 0 Å². The average Bonchev–Trinajstić information content (AvgIpc) is 2.87. The van der Waals surface area contributed by atoms with Gasteiger partial charge in [-0.05, 0) is 43.2 Å². The molecule has 1 amide bonds. The monoisotopic (exact) mass is 228 g/mol. The third-order valence-electron chi connectivity index (χ3n) is 2.93. The zero-order valence-electron chi connectivity index (χ0n) is 9.13. The van der Waals surface area contributed by atoms with Crippen molar-refractivity contribution in [2.45, 2.75) is 31.7 Å². The van der Waals surface area contributed by atoms with E-state index in [9.17, 15) is 4.79 Å². The number of amides is 1. The molecule has 0 spiro atoms. The van der Waals surface area contributed by atoms with Gasteiger partial charge in [0, 0.05) is 19.0 Å². The Labute approximate surface area is 95.8 Å².